The molecule has 2 aromatic heterocycles. The van der Waals surface area contributed by atoms with E-state index >= 15 is 0 Å². The summed E-state index contributed by atoms with van der Waals surface area (Å²) in [6.45, 7) is 2.85. The van der Waals surface area contributed by atoms with Gasteiger partial charge >= 0.3 is 12.5 Å². The molecule has 4 aromatic rings. The van der Waals surface area contributed by atoms with Crippen molar-refractivity contribution in [3.63, 3.8) is 0 Å². The molecular weight excluding hydrogens is 600 g/mol. The summed E-state index contributed by atoms with van der Waals surface area (Å²) in [6, 6.07) is 10.7. The summed E-state index contributed by atoms with van der Waals surface area (Å²) in [5.74, 6) is -0.447. The highest BCUT2D eigenvalue weighted by atomic mass is 32.2. The Labute approximate surface area is 242 Å². The second-order valence-electron chi connectivity index (χ2n) is 9.79. The highest BCUT2D eigenvalue weighted by molar-refractivity contribution is 7.90. The first-order valence-corrected chi connectivity index (χ1v) is 14.6. The van der Waals surface area contributed by atoms with E-state index in [-0.39, 0.29) is 51.3 Å². The van der Waals surface area contributed by atoms with E-state index in [1.54, 1.807) is 18.2 Å². The van der Waals surface area contributed by atoms with E-state index in [4.69, 9.17) is 4.42 Å². The van der Waals surface area contributed by atoms with Crippen molar-refractivity contribution in [2.75, 3.05) is 6.26 Å². The Balaban J connectivity index is 1.76. The molecule has 1 aliphatic carbocycles. The van der Waals surface area contributed by atoms with E-state index in [0.29, 0.717) is 17.5 Å². The Hall–Kier alpha value is -4.33. The molecule has 0 atom stereocenters. The SMILES string of the molecule is Cc1nc(C2=CCCC=C2OC(F)(F)F)c(-c2cc(-c3cccc(S(C)(=O)=O)c3)ccc2-n2cc(C(F)(F)F)nc2C)o1. The first-order chi connectivity index (χ1) is 20.0. The van der Waals surface area contributed by atoms with Crippen LogP contribution in [0, 0.1) is 13.8 Å². The number of hydrogen-bond donors (Lipinski definition) is 0. The van der Waals surface area contributed by atoms with Crippen LogP contribution in [-0.4, -0.2) is 35.6 Å². The van der Waals surface area contributed by atoms with Gasteiger partial charge < -0.3 is 13.7 Å². The maximum absolute atomic E-state index is 13.6. The Kier molecular flexibility index (Phi) is 7.53. The standard InChI is InChI=1S/C29H23F6N3O4S/c1-16-36-25(28(30,31)32)15-38(16)23-12-11-19(18-7-6-8-20(13-18)43(3,39)40)14-22(23)27-26(37-17(2)41-27)21-9-4-5-10-24(21)42-29(33,34)35/h6-15H,4-5H2,1-3H3. The number of aryl methyl sites for hydroxylation is 2. The van der Waals surface area contributed by atoms with Crippen LogP contribution in [0.15, 0.2) is 75.9 Å². The first kappa shape index (κ1) is 30.1. The van der Waals surface area contributed by atoms with Gasteiger partial charge in [0.1, 0.15) is 17.3 Å². The molecule has 0 spiro atoms. The molecule has 0 saturated heterocycles. The quantitative estimate of drug-likeness (QED) is 0.204. The third-order valence-electron chi connectivity index (χ3n) is 6.59. The lowest BCUT2D eigenvalue weighted by Crippen LogP contribution is -2.15. The first-order valence-electron chi connectivity index (χ1n) is 12.7. The van der Waals surface area contributed by atoms with Gasteiger partial charge in [0.05, 0.1) is 10.6 Å². The maximum atomic E-state index is 13.6. The van der Waals surface area contributed by atoms with E-state index in [9.17, 15) is 34.8 Å². The number of oxazole rings is 1. The molecule has 2 aromatic carbocycles. The fourth-order valence-corrected chi connectivity index (χ4v) is 5.41. The molecule has 0 amide bonds. The van der Waals surface area contributed by atoms with E-state index < -0.39 is 33.8 Å². The largest absolute Gasteiger partial charge is 0.573 e. The molecule has 0 bridgehead atoms. The van der Waals surface area contributed by atoms with Crippen LogP contribution in [-0.2, 0) is 20.8 Å². The molecule has 43 heavy (non-hydrogen) atoms. The molecule has 0 radical (unpaired) electrons. The molecule has 226 valence electrons. The number of imidazole rings is 1. The van der Waals surface area contributed by atoms with Gasteiger partial charge in [-0.1, -0.05) is 24.3 Å². The number of nitrogens with zero attached hydrogens (tertiary/aromatic N) is 3. The van der Waals surface area contributed by atoms with Crippen LogP contribution in [0.4, 0.5) is 26.3 Å². The van der Waals surface area contributed by atoms with Gasteiger partial charge in [-0.25, -0.2) is 18.4 Å². The van der Waals surface area contributed by atoms with E-state index in [1.165, 1.54) is 54.8 Å². The van der Waals surface area contributed by atoms with Gasteiger partial charge in [-0.2, -0.15) is 13.2 Å². The summed E-state index contributed by atoms with van der Waals surface area (Å²) < 4.78 is 116. The van der Waals surface area contributed by atoms with Crippen molar-refractivity contribution in [1.29, 1.82) is 0 Å². The minimum absolute atomic E-state index is 0.00388. The van der Waals surface area contributed by atoms with Gasteiger partial charge in [0.2, 0.25) is 0 Å². The Morgan fingerprint density at radius 1 is 0.930 bits per heavy atom. The number of ether oxygens (including phenoxy) is 1. The van der Waals surface area contributed by atoms with Crippen LogP contribution >= 0.6 is 0 Å². The van der Waals surface area contributed by atoms with E-state index in [1.807, 2.05) is 0 Å². The summed E-state index contributed by atoms with van der Waals surface area (Å²) in [5.41, 5.74) is 0.106. The molecule has 5 rings (SSSR count). The molecular formula is C29H23F6N3O4S. The van der Waals surface area contributed by atoms with Gasteiger partial charge in [0, 0.05) is 30.5 Å². The topological polar surface area (TPSA) is 87.2 Å². The molecule has 0 aliphatic heterocycles. The Bertz CT molecular complexity index is 1880. The average Bonchev–Trinajstić information content (AvgIpc) is 3.50. The molecule has 2 heterocycles. The minimum atomic E-state index is -4.99. The lowest BCUT2D eigenvalue weighted by Gasteiger charge is -2.19. The number of aromatic nitrogens is 3. The summed E-state index contributed by atoms with van der Waals surface area (Å²) >= 11 is 0. The molecule has 1 aliphatic rings. The van der Waals surface area contributed by atoms with Gasteiger partial charge in [-0.3, -0.25) is 0 Å². The number of benzene rings is 2. The van der Waals surface area contributed by atoms with Gasteiger partial charge in [-0.05, 0) is 61.2 Å². The van der Waals surface area contributed by atoms with Crippen molar-refractivity contribution < 1.29 is 43.9 Å². The van der Waals surface area contributed by atoms with Gasteiger partial charge in [-0.15, -0.1) is 13.2 Å². The normalized spacial score (nSPS) is 14.4. The second-order valence-corrected chi connectivity index (χ2v) is 11.8. The van der Waals surface area contributed by atoms with Crippen LogP contribution < -0.4 is 0 Å². The van der Waals surface area contributed by atoms with Gasteiger partial charge in [0.15, 0.2) is 27.2 Å². The van der Waals surface area contributed by atoms with Crippen LogP contribution in [0.25, 0.3) is 33.7 Å². The van der Waals surface area contributed by atoms with Gasteiger partial charge in [0.25, 0.3) is 0 Å². The monoisotopic (exact) mass is 623 g/mol. The smallest absolute Gasteiger partial charge is 0.440 e. The fraction of sp³-hybridized carbons (Fsp3) is 0.241. The lowest BCUT2D eigenvalue weighted by molar-refractivity contribution is -0.302. The average molecular weight is 624 g/mol. The van der Waals surface area contributed by atoms with Crippen molar-refractivity contribution in [1.82, 2.24) is 14.5 Å². The van der Waals surface area contributed by atoms with Crippen molar-refractivity contribution in [2.45, 2.75) is 44.1 Å². The summed E-state index contributed by atoms with van der Waals surface area (Å²) in [7, 11) is -3.57. The Morgan fingerprint density at radius 3 is 2.28 bits per heavy atom. The molecule has 0 fully saturated rings. The minimum Gasteiger partial charge on any atom is -0.440 e. The van der Waals surface area contributed by atoms with E-state index in [2.05, 4.69) is 14.7 Å². The zero-order chi connectivity index (χ0) is 31.3. The zero-order valence-corrected chi connectivity index (χ0v) is 23.7. The molecule has 0 unspecified atom stereocenters. The van der Waals surface area contributed by atoms with Crippen LogP contribution in [0.5, 0.6) is 0 Å². The third kappa shape index (κ3) is 6.38. The number of rotatable bonds is 6. The third-order valence-corrected chi connectivity index (χ3v) is 7.70. The van der Waals surface area contributed by atoms with Crippen molar-refractivity contribution >= 4 is 15.4 Å². The predicted molar refractivity (Wildman–Crippen MR) is 145 cm³/mol. The van der Waals surface area contributed by atoms with Crippen molar-refractivity contribution in [3.05, 3.63) is 89.7 Å². The van der Waals surface area contributed by atoms with Crippen LogP contribution in [0.3, 0.4) is 0 Å². The number of hydrogen-bond acceptors (Lipinski definition) is 6. The molecule has 0 saturated carbocycles. The molecule has 7 nitrogen and oxygen atoms in total. The Morgan fingerprint density at radius 2 is 1.63 bits per heavy atom. The summed E-state index contributed by atoms with van der Waals surface area (Å²) in [4.78, 5) is 8.02. The number of alkyl halides is 6. The highest BCUT2D eigenvalue weighted by Gasteiger charge is 2.36. The maximum Gasteiger partial charge on any atom is 0.573 e. The molecule has 14 heteroatoms. The summed E-state index contributed by atoms with van der Waals surface area (Å²) in [6.07, 6.45) is -4.41. The van der Waals surface area contributed by atoms with Crippen LogP contribution in [0.1, 0.15) is 35.9 Å². The number of allylic oxidation sites excluding steroid dienone is 3. The van der Waals surface area contributed by atoms with Crippen molar-refractivity contribution in [2.24, 2.45) is 0 Å². The lowest BCUT2D eigenvalue weighted by atomic mass is 9.95. The second kappa shape index (κ2) is 10.7. The summed E-state index contributed by atoms with van der Waals surface area (Å²) in [5, 5.41) is 0. The molecule has 0 N–H and O–H groups in total. The fourth-order valence-electron chi connectivity index (χ4n) is 4.75. The number of sulfone groups is 1. The predicted octanol–water partition coefficient (Wildman–Crippen LogP) is 7.83. The van der Waals surface area contributed by atoms with Crippen LogP contribution in [0.2, 0.25) is 0 Å². The highest BCUT2D eigenvalue weighted by Crippen LogP contribution is 2.42. The van der Waals surface area contributed by atoms with E-state index in [0.717, 1.165) is 12.5 Å². The zero-order valence-electron chi connectivity index (χ0n) is 22.8. The number of halogens is 6. The van der Waals surface area contributed by atoms with Crippen molar-refractivity contribution in [3.8, 4) is 28.1 Å².